The van der Waals surface area contributed by atoms with E-state index < -0.39 is 0 Å². The molecule has 0 aliphatic carbocycles. The maximum Gasteiger partial charge on any atom is 0.113 e. The van der Waals surface area contributed by atoms with E-state index >= 15 is 0 Å². The van der Waals surface area contributed by atoms with Gasteiger partial charge in [-0.25, -0.2) is 4.68 Å². The van der Waals surface area contributed by atoms with Gasteiger partial charge in [-0.3, -0.25) is 0 Å². The standard InChI is InChI=1S/C32H40N4/c1-3-5-7-12-24-35(25-13-8-6-4-2)30-20-22-31(23-21-30)36-26-32(33-34-36)29-18-16-28(17-19-29)27-14-10-9-11-15-27/h9-11,14-23,26H,3-8,12-13,24-25H2,1-2H3. The summed E-state index contributed by atoms with van der Waals surface area (Å²) in [7, 11) is 0. The highest BCUT2D eigenvalue weighted by molar-refractivity contribution is 5.68. The van der Waals surface area contributed by atoms with Crippen LogP contribution in [0.25, 0.3) is 28.1 Å². The second kappa shape index (κ2) is 13.6. The minimum atomic E-state index is 0.882. The highest BCUT2D eigenvalue weighted by Crippen LogP contribution is 2.25. The van der Waals surface area contributed by atoms with Crippen molar-refractivity contribution in [2.45, 2.75) is 65.2 Å². The Kier molecular flexibility index (Phi) is 9.72. The fourth-order valence-corrected chi connectivity index (χ4v) is 4.63. The van der Waals surface area contributed by atoms with Crippen LogP contribution in [0.15, 0.2) is 85.1 Å². The van der Waals surface area contributed by atoms with Crippen LogP contribution in [0.5, 0.6) is 0 Å². The van der Waals surface area contributed by atoms with Crippen molar-refractivity contribution in [3.05, 3.63) is 85.1 Å². The van der Waals surface area contributed by atoms with Gasteiger partial charge < -0.3 is 4.90 Å². The minimum Gasteiger partial charge on any atom is -0.372 e. The molecule has 1 heterocycles. The molecular formula is C32H40N4. The van der Waals surface area contributed by atoms with E-state index in [0.717, 1.165) is 30.0 Å². The molecule has 4 aromatic rings. The van der Waals surface area contributed by atoms with Crippen LogP contribution in [-0.2, 0) is 0 Å². The number of hydrogen-bond acceptors (Lipinski definition) is 3. The van der Waals surface area contributed by atoms with Crippen molar-refractivity contribution in [3.8, 4) is 28.1 Å². The highest BCUT2D eigenvalue weighted by Gasteiger charge is 2.09. The molecule has 1 aromatic heterocycles. The van der Waals surface area contributed by atoms with Crippen molar-refractivity contribution in [3.63, 3.8) is 0 Å². The van der Waals surface area contributed by atoms with Gasteiger partial charge in [0.2, 0.25) is 0 Å². The predicted molar refractivity (Wildman–Crippen MR) is 153 cm³/mol. The molecule has 0 saturated heterocycles. The smallest absolute Gasteiger partial charge is 0.113 e. The molecule has 36 heavy (non-hydrogen) atoms. The zero-order chi connectivity index (χ0) is 25.0. The Bertz CT molecular complexity index is 1140. The Balaban J connectivity index is 1.42. The molecule has 0 spiro atoms. The Morgan fingerprint density at radius 1 is 0.611 bits per heavy atom. The van der Waals surface area contributed by atoms with E-state index in [0.29, 0.717) is 0 Å². The van der Waals surface area contributed by atoms with Crippen LogP contribution < -0.4 is 4.90 Å². The first-order valence-corrected chi connectivity index (χ1v) is 13.7. The second-order valence-corrected chi connectivity index (χ2v) is 9.62. The molecule has 0 aliphatic heterocycles. The molecular weight excluding hydrogens is 440 g/mol. The van der Waals surface area contributed by atoms with Gasteiger partial charge in [0.25, 0.3) is 0 Å². The van der Waals surface area contributed by atoms with Crippen LogP contribution in [0.3, 0.4) is 0 Å². The molecule has 0 atom stereocenters. The average molecular weight is 481 g/mol. The lowest BCUT2D eigenvalue weighted by molar-refractivity contribution is 0.609. The summed E-state index contributed by atoms with van der Waals surface area (Å²) in [6.45, 7) is 6.82. The summed E-state index contributed by atoms with van der Waals surface area (Å²) in [5.41, 5.74) is 6.72. The maximum atomic E-state index is 4.44. The molecule has 0 aliphatic rings. The zero-order valence-electron chi connectivity index (χ0n) is 21.9. The van der Waals surface area contributed by atoms with Crippen molar-refractivity contribution in [1.29, 1.82) is 0 Å². The van der Waals surface area contributed by atoms with Gasteiger partial charge in [0.15, 0.2) is 0 Å². The number of nitrogens with zero attached hydrogens (tertiary/aromatic N) is 4. The summed E-state index contributed by atoms with van der Waals surface area (Å²) in [4.78, 5) is 2.57. The number of benzene rings is 3. The fraction of sp³-hybridized carbons (Fsp3) is 0.375. The molecule has 188 valence electrons. The largest absolute Gasteiger partial charge is 0.372 e. The maximum absolute atomic E-state index is 4.44. The lowest BCUT2D eigenvalue weighted by Crippen LogP contribution is -2.25. The van der Waals surface area contributed by atoms with Gasteiger partial charge in [-0.1, -0.05) is 112 Å². The van der Waals surface area contributed by atoms with Gasteiger partial charge in [0.05, 0.1) is 11.9 Å². The van der Waals surface area contributed by atoms with Crippen LogP contribution in [0.4, 0.5) is 5.69 Å². The summed E-state index contributed by atoms with van der Waals surface area (Å²) in [6, 6.07) is 27.8. The summed E-state index contributed by atoms with van der Waals surface area (Å²) in [5.74, 6) is 0. The molecule has 0 N–H and O–H groups in total. The van der Waals surface area contributed by atoms with Gasteiger partial charge in [-0.15, -0.1) is 5.10 Å². The molecule has 4 nitrogen and oxygen atoms in total. The molecule has 3 aromatic carbocycles. The summed E-state index contributed by atoms with van der Waals surface area (Å²) < 4.78 is 1.87. The quantitative estimate of drug-likeness (QED) is 0.169. The average Bonchev–Trinajstić information content (AvgIpc) is 3.43. The van der Waals surface area contributed by atoms with Gasteiger partial charge >= 0.3 is 0 Å². The summed E-state index contributed by atoms with van der Waals surface area (Å²) in [6.07, 6.45) is 12.4. The van der Waals surface area contributed by atoms with E-state index in [2.05, 4.69) is 102 Å². The van der Waals surface area contributed by atoms with Crippen LogP contribution in [0, 0.1) is 0 Å². The number of rotatable bonds is 14. The number of hydrogen-bond donors (Lipinski definition) is 0. The topological polar surface area (TPSA) is 34.0 Å². The monoisotopic (exact) mass is 480 g/mol. The predicted octanol–water partition coefficient (Wildman–Crippen LogP) is 8.57. The Hall–Kier alpha value is -3.40. The molecule has 0 radical (unpaired) electrons. The highest BCUT2D eigenvalue weighted by atomic mass is 15.4. The first kappa shape index (κ1) is 25.7. The van der Waals surface area contributed by atoms with E-state index in [4.69, 9.17) is 0 Å². The van der Waals surface area contributed by atoms with Crippen LogP contribution in [-0.4, -0.2) is 28.1 Å². The summed E-state index contributed by atoms with van der Waals surface area (Å²) >= 11 is 0. The van der Waals surface area contributed by atoms with Gasteiger partial charge in [-0.05, 0) is 48.2 Å². The van der Waals surface area contributed by atoms with Gasteiger partial charge in [0.1, 0.15) is 5.69 Å². The van der Waals surface area contributed by atoms with Crippen LogP contribution in [0.2, 0.25) is 0 Å². The lowest BCUT2D eigenvalue weighted by atomic mass is 10.0. The minimum absolute atomic E-state index is 0.882. The molecule has 4 heteroatoms. The molecule has 4 rings (SSSR count). The van der Waals surface area contributed by atoms with Gasteiger partial charge in [0, 0.05) is 24.3 Å². The van der Waals surface area contributed by atoms with E-state index in [1.165, 1.54) is 68.2 Å². The Labute approximate surface area is 217 Å². The van der Waals surface area contributed by atoms with E-state index in [9.17, 15) is 0 Å². The Morgan fingerprint density at radius 3 is 1.81 bits per heavy atom. The summed E-state index contributed by atoms with van der Waals surface area (Å²) in [5, 5.41) is 8.85. The lowest BCUT2D eigenvalue weighted by Gasteiger charge is -2.25. The molecule has 0 bridgehead atoms. The molecule has 0 saturated carbocycles. The van der Waals surface area contributed by atoms with Crippen LogP contribution >= 0.6 is 0 Å². The van der Waals surface area contributed by atoms with Crippen molar-refractivity contribution in [2.24, 2.45) is 0 Å². The van der Waals surface area contributed by atoms with E-state index in [1.54, 1.807) is 0 Å². The second-order valence-electron chi connectivity index (χ2n) is 9.62. The van der Waals surface area contributed by atoms with Crippen LogP contribution in [0.1, 0.15) is 65.2 Å². The third kappa shape index (κ3) is 7.07. The molecule has 0 unspecified atom stereocenters. The first-order chi connectivity index (χ1) is 17.8. The fourth-order valence-electron chi connectivity index (χ4n) is 4.63. The van der Waals surface area contributed by atoms with E-state index in [-0.39, 0.29) is 0 Å². The first-order valence-electron chi connectivity index (χ1n) is 13.7. The number of aromatic nitrogens is 3. The zero-order valence-corrected chi connectivity index (χ0v) is 21.9. The number of anilines is 1. The normalized spacial score (nSPS) is 11.1. The van der Waals surface area contributed by atoms with Crippen molar-refractivity contribution >= 4 is 5.69 Å². The van der Waals surface area contributed by atoms with E-state index in [1.807, 2.05) is 16.9 Å². The molecule has 0 fully saturated rings. The third-order valence-electron chi connectivity index (χ3n) is 6.82. The van der Waals surface area contributed by atoms with Gasteiger partial charge in [-0.2, -0.15) is 0 Å². The van der Waals surface area contributed by atoms with Crippen molar-refractivity contribution in [1.82, 2.24) is 15.0 Å². The Morgan fingerprint density at radius 2 is 1.19 bits per heavy atom. The SMILES string of the molecule is CCCCCCN(CCCCCC)c1ccc(-n2cc(-c3ccc(-c4ccccc4)cc3)nn2)cc1. The molecule has 0 amide bonds. The van der Waals surface area contributed by atoms with Crippen molar-refractivity contribution < 1.29 is 0 Å². The van der Waals surface area contributed by atoms with Crippen molar-refractivity contribution in [2.75, 3.05) is 18.0 Å². The third-order valence-corrected chi connectivity index (χ3v) is 6.82. The number of unbranched alkanes of at least 4 members (excludes halogenated alkanes) is 6.